The van der Waals surface area contributed by atoms with E-state index in [4.69, 9.17) is 16.3 Å². The SMILES string of the molecule is C=C(C)CC1N(c2ccccc2Cl)C(=O)C2C(C(=O)O)C3C=CC21O3. The van der Waals surface area contributed by atoms with Crippen LogP contribution in [0.1, 0.15) is 13.3 Å². The van der Waals surface area contributed by atoms with Crippen molar-refractivity contribution >= 4 is 29.2 Å². The summed E-state index contributed by atoms with van der Waals surface area (Å²) in [6, 6.07) is 6.72. The van der Waals surface area contributed by atoms with E-state index >= 15 is 0 Å². The number of hydrogen-bond donors (Lipinski definition) is 1. The molecule has 0 aliphatic carbocycles. The van der Waals surface area contributed by atoms with Crippen LogP contribution >= 0.6 is 11.6 Å². The van der Waals surface area contributed by atoms with E-state index < -0.39 is 29.5 Å². The first-order valence-corrected chi connectivity index (χ1v) is 8.56. The van der Waals surface area contributed by atoms with Gasteiger partial charge in [-0.2, -0.15) is 0 Å². The maximum atomic E-state index is 13.3. The normalized spacial score (nSPS) is 35.3. The van der Waals surface area contributed by atoms with Crippen LogP contribution in [0.2, 0.25) is 5.02 Å². The van der Waals surface area contributed by atoms with Crippen LogP contribution in [0.25, 0.3) is 0 Å². The maximum absolute atomic E-state index is 13.3. The molecule has 2 fully saturated rings. The Kier molecular flexibility index (Phi) is 3.56. The van der Waals surface area contributed by atoms with Gasteiger partial charge in [-0.1, -0.05) is 41.5 Å². The van der Waals surface area contributed by atoms with Gasteiger partial charge in [0.25, 0.3) is 0 Å². The fourth-order valence-electron chi connectivity index (χ4n) is 4.45. The predicted molar refractivity (Wildman–Crippen MR) is 93.5 cm³/mol. The Morgan fingerprint density at radius 2 is 2.16 bits per heavy atom. The molecule has 0 radical (unpaired) electrons. The van der Waals surface area contributed by atoms with Gasteiger partial charge in [-0.15, -0.1) is 6.58 Å². The number of carboxylic acid groups (broad SMARTS) is 1. The molecule has 0 saturated carbocycles. The molecule has 3 heterocycles. The number of carbonyl (C=O) groups excluding carboxylic acids is 1. The summed E-state index contributed by atoms with van der Waals surface area (Å²) >= 11 is 6.33. The lowest BCUT2D eigenvalue weighted by Crippen LogP contribution is -2.45. The highest BCUT2D eigenvalue weighted by Crippen LogP contribution is 2.57. The number of carboxylic acids is 1. The van der Waals surface area contributed by atoms with E-state index in [1.165, 1.54) is 0 Å². The topological polar surface area (TPSA) is 66.8 Å². The summed E-state index contributed by atoms with van der Waals surface area (Å²) in [6.45, 7) is 5.86. The van der Waals surface area contributed by atoms with Crippen molar-refractivity contribution in [3.05, 3.63) is 53.6 Å². The molecule has 6 heteroatoms. The summed E-state index contributed by atoms with van der Waals surface area (Å²) in [5, 5.41) is 10.1. The molecule has 2 bridgehead atoms. The molecule has 1 spiro atoms. The van der Waals surface area contributed by atoms with E-state index in [0.717, 1.165) is 5.57 Å². The van der Waals surface area contributed by atoms with Gasteiger partial charge in [0.15, 0.2) is 0 Å². The van der Waals surface area contributed by atoms with Crippen LogP contribution in [0.3, 0.4) is 0 Å². The van der Waals surface area contributed by atoms with Gasteiger partial charge in [0.1, 0.15) is 11.5 Å². The number of halogens is 1. The molecule has 25 heavy (non-hydrogen) atoms. The van der Waals surface area contributed by atoms with Gasteiger partial charge in [-0.05, 0) is 25.5 Å². The zero-order chi connectivity index (χ0) is 17.9. The van der Waals surface area contributed by atoms with E-state index in [1.54, 1.807) is 35.2 Å². The minimum absolute atomic E-state index is 0.251. The molecule has 5 unspecified atom stereocenters. The number of para-hydroxylation sites is 1. The van der Waals surface area contributed by atoms with Crippen LogP contribution in [0, 0.1) is 11.8 Å². The van der Waals surface area contributed by atoms with Gasteiger partial charge in [0.2, 0.25) is 5.91 Å². The standard InChI is InChI=1S/C19H18ClNO4/c1-10(2)9-14-19-8-7-13(25-19)15(18(23)24)16(19)17(22)21(14)12-6-4-3-5-11(12)20/h3-8,13-16H,1,9H2,2H3,(H,23,24). The van der Waals surface area contributed by atoms with Gasteiger partial charge in [0.05, 0.1) is 28.8 Å². The van der Waals surface area contributed by atoms with E-state index in [2.05, 4.69) is 6.58 Å². The summed E-state index contributed by atoms with van der Waals surface area (Å²) in [5.74, 6) is -2.89. The lowest BCUT2D eigenvalue weighted by Gasteiger charge is -2.33. The van der Waals surface area contributed by atoms with Crippen LogP contribution in [-0.4, -0.2) is 34.7 Å². The Hall–Kier alpha value is -2.11. The molecule has 4 rings (SSSR count). The molecule has 1 aromatic rings. The van der Waals surface area contributed by atoms with Crippen molar-refractivity contribution in [2.45, 2.75) is 31.1 Å². The molecule has 1 N–H and O–H groups in total. The Balaban J connectivity index is 1.87. The van der Waals surface area contributed by atoms with Crippen LogP contribution in [0.5, 0.6) is 0 Å². The number of ether oxygens (including phenoxy) is 1. The molecule has 1 aromatic carbocycles. The van der Waals surface area contributed by atoms with Crippen LogP contribution < -0.4 is 4.90 Å². The van der Waals surface area contributed by atoms with Crippen molar-refractivity contribution < 1.29 is 19.4 Å². The highest BCUT2D eigenvalue weighted by Gasteiger charge is 2.71. The quantitative estimate of drug-likeness (QED) is 0.839. The van der Waals surface area contributed by atoms with Crippen molar-refractivity contribution in [3.63, 3.8) is 0 Å². The van der Waals surface area contributed by atoms with Gasteiger partial charge < -0.3 is 14.7 Å². The third kappa shape index (κ3) is 2.12. The van der Waals surface area contributed by atoms with Gasteiger partial charge in [-0.3, -0.25) is 9.59 Å². The molecule has 1 amide bonds. The molecule has 2 saturated heterocycles. The number of aliphatic carboxylic acids is 1. The second-order valence-electron chi connectivity index (χ2n) is 6.97. The summed E-state index contributed by atoms with van der Waals surface area (Å²) in [7, 11) is 0. The average Bonchev–Trinajstić information content (AvgIpc) is 3.18. The van der Waals surface area contributed by atoms with Crippen molar-refractivity contribution in [1.82, 2.24) is 0 Å². The van der Waals surface area contributed by atoms with E-state index in [-0.39, 0.29) is 11.9 Å². The minimum atomic E-state index is -1.01. The van der Waals surface area contributed by atoms with Crippen LogP contribution in [-0.2, 0) is 14.3 Å². The van der Waals surface area contributed by atoms with Gasteiger partial charge in [-0.25, -0.2) is 0 Å². The molecule has 0 aromatic heterocycles. The largest absolute Gasteiger partial charge is 0.481 e. The highest BCUT2D eigenvalue weighted by molar-refractivity contribution is 6.34. The Morgan fingerprint density at radius 3 is 2.80 bits per heavy atom. The predicted octanol–water partition coefficient (Wildman–Crippen LogP) is 3.05. The average molecular weight is 360 g/mol. The summed E-state index contributed by atoms with van der Waals surface area (Å²) in [4.78, 5) is 26.7. The second-order valence-corrected chi connectivity index (χ2v) is 7.38. The number of anilines is 1. The van der Waals surface area contributed by atoms with E-state index in [0.29, 0.717) is 17.1 Å². The zero-order valence-corrected chi connectivity index (χ0v) is 14.4. The van der Waals surface area contributed by atoms with Crippen LogP contribution in [0.15, 0.2) is 48.6 Å². The zero-order valence-electron chi connectivity index (χ0n) is 13.7. The third-order valence-corrected chi connectivity index (χ3v) is 5.68. The Labute approximate surface area is 150 Å². The molecular weight excluding hydrogens is 342 g/mol. The first kappa shape index (κ1) is 16.4. The minimum Gasteiger partial charge on any atom is -0.481 e. The van der Waals surface area contributed by atoms with Crippen molar-refractivity contribution in [2.75, 3.05) is 4.90 Å². The van der Waals surface area contributed by atoms with Crippen molar-refractivity contribution in [1.29, 1.82) is 0 Å². The van der Waals surface area contributed by atoms with Crippen molar-refractivity contribution in [2.24, 2.45) is 11.8 Å². The van der Waals surface area contributed by atoms with E-state index in [1.807, 2.05) is 13.0 Å². The smallest absolute Gasteiger partial charge is 0.310 e. The number of amides is 1. The first-order valence-electron chi connectivity index (χ1n) is 8.19. The highest BCUT2D eigenvalue weighted by atomic mass is 35.5. The summed E-state index contributed by atoms with van der Waals surface area (Å²) in [6.07, 6.45) is 3.58. The first-order chi connectivity index (χ1) is 11.9. The molecule has 3 aliphatic heterocycles. The van der Waals surface area contributed by atoms with Crippen molar-refractivity contribution in [3.8, 4) is 0 Å². The molecular formula is C19H18ClNO4. The molecule has 5 atom stereocenters. The van der Waals surface area contributed by atoms with Gasteiger partial charge >= 0.3 is 5.97 Å². The second kappa shape index (κ2) is 5.44. The summed E-state index contributed by atoms with van der Waals surface area (Å²) < 4.78 is 6.09. The Morgan fingerprint density at radius 1 is 1.44 bits per heavy atom. The van der Waals surface area contributed by atoms with E-state index in [9.17, 15) is 14.7 Å². The fraction of sp³-hybridized carbons (Fsp3) is 0.368. The van der Waals surface area contributed by atoms with Gasteiger partial charge in [0, 0.05) is 0 Å². The number of rotatable bonds is 4. The maximum Gasteiger partial charge on any atom is 0.310 e. The molecule has 5 nitrogen and oxygen atoms in total. The lowest BCUT2D eigenvalue weighted by molar-refractivity contribution is -0.146. The lowest BCUT2D eigenvalue weighted by atomic mass is 9.74. The number of carbonyl (C=O) groups is 2. The number of benzene rings is 1. The fourth-order valence-corrected chi connectivity index (χ4v) is 4.67. The monoisotopic (exact) mass is 359 g/mol. The number of fused-ring (bicyclic) bond motifs is 1. The van der Waals surface area contributed by atoms with Crippen LogP contribution in [0.4, 0.5) is 5.69 Å². The summed E-state index contributed by atoms with van der Waals surface area (Å²) in [5.41, 5.74) is 0.529. The Bertz CT molecular complexity index is 819. The number of hydrogen-bond acceptors (Lipinski definition) is 3. The molecule has 130 valence electrons. The number of nitrogens with zero attached hydrogens (tertiary/aromatic N) is 1. The third-order valence-electron chi connectivity index (χ3n) is 5.36. The molecule has 3 aliphatic rings.